The first-order valence-corrected chi connectivity index (χ1v) is 17.9. The van der Waals surface area contributed by atoms with Gasteiger partial charge in [-0.2, -0.15) is 0 Å². The molecule has 7 aromatic carbocycles. The zero-order valence-electron chi connectivity index (χ0n) is 29.1. The Hall–Kier alpha value is -6.85. The van der Waals surface area contributed by atoms with Gasteiger partial charge in [0.05, 0.1) is 0 Å². The van der Waals surface area contributed by atoms with E-state index < -0.39 is 0 Å². The molecule has 0 unspecified atom stereocenters. The van der Waals surface area contributed by atoms with E-state index in [9.17, 15) is 0 Å². The summed E-state index contributed by atoms with van der Waals surface area (Å²) in [6, 6.07) is 52.7. The molecule has 10 aromatic rings. The summed E-state index contributed by atoms with van der Waals surface area (Å²) in [7, 11) is 0. The number of para-hydroxylation sites is 2. The van der Waals surface area contributed by atoms with Crippen molar-refractivity contribution in [3.8, 4) is 56.4 Å². The Labute approximate surface area is 305 Å². The minimum atomic E-state index is -0.0592. The van der Waals surface area contributed by atoms with E-state index in [2.05, 4.69) is 117 Å². The lowest BCUT2D eigenvalue weighted by Gasteiger charge is -2.22. The van der Waals surface area contributed by atoms with Gasteiger partial charge in [-0.3, -0.25) is 0 Å². The lowest BCUT2D eigenvalue weighted by molar-refractivity contribution is 0.660. The Morgan fingerprint density at radius 1 is 0.358 bits per heavy atom. The predicted octanol–water partition coefficient (Wildman–Crippen LogP) is 12.6. The third-order valence-electron chi connectivity index (χ3n) is 11.0. The molecule has 0 saturated heterocycles. The maximum atomic E-state index is 6.25. The fraction of sp³-hybridized carbons (Fsp3) is 0.0625. The molecule has 53 heavy (non-hydrogen) atoms. The zero-order chi connectivity index (χ0) is 35.3. The summed E-state index contributed by atoms with van der Waals surface area (Å²) in [5.41, 5.74) is 13.6. The number of hydrogen-bond acceptors (Lipinski definition) is 5. The molecule has 0 fully saturated rings. The van der Waals surface area contributed by atoms with Crippen LogP contribution in [0.2, 0.25) is 0 Å². The monoisotopic (exact) mass is 681 g/mol. The van der Waals surface area contributed by atoms with Crippen molar-refractivity contribution in [2.75, 3.05) is 0 Å². The number of hydrogen-bond donors (Lipinski definition) is 0. The van der Waals surface area contributed by atoms with Crippen LogP contribution in [0.5, 0.6) is 0 Å². The van der Waals surface area contributed by atoms with Crippen molar-refractivity contribution in [3.63, 3.8) is 0 Å². The van der Waals surface area contributed by atoms with E-state index in [0.29, 0.717) is 17.5 Å². The van der Waals surface area contributed by atoms with Crippen molar-refractivity contribution in [3.05, 3.63) is 163 Å². The Balaban J connectivity index is 1.02. The van der Waals surface area contributed by atoms with Gasteiger partial charge in [-0.25, -0.2) is 15.0 Å². The Morgan fingerprint density at radius 3 is 1.43 bits per heavy atom. The van der Waals surface area contributed by atoms with Gasteiger partial charge in [0.25, 0.3) is 0 Å². The van der Waals surface area contributed by atoms with Crippen LogP contribution in [0.1, 0.15) is 25.0 Å². The van der Waals surface area contributed by atoms with E-state index in [1.807, 2.05) is 48.5 Å². The van der Waals surface area contributed by atoms with Crippen LogP contribution in [0.25, 0.3) is 100 Å². The maximum absolute atomic E-state index is 6.25. The number of nitrogens with zero attached hydrogens (tertiary/aromatic N) is 3. The van der Waals surface area contributed by atoms with Gasteiger partial charge < -0.3 is 8.83 Å². The van der Waals surface area contributed by atoms with Crippen LogP contribution >= 0.6 is 0 Å². The highest BCUT2D eigenvalue weighted by Crippen LogP contribution is 2.49. The molecule has 0 bridgehead atoms. The molecular weight excluding hydrogens is 651 g/mol. The molecule has 0 N–H and O–H groups in total. The Morgan fingerprint density at radius 2 is 0.811 bits per heavy atom. The lowest BCUT2D eigenvalue weighted by atomic mass is 9.81. The normalized spacial score (nSPS) is 13.2. The summed E-state index contributed by atoms with van der Waals surface area (Å²) in [5, 5.41) is 4.29. The number of fused-ring (bicyclic) bond motifs is 9. The highest BCUT2D eigenvalue weighted by Gasteiger charge is 2.35. The van der Waals surface area contributed by atoms with Crippen LogP contribution in [0.3, 0.4) is 0 Å². The van der Waals surface area contributed by atoms with Crippen molar-refractivity contribution < 1.29 is 8.83 Å². The van der Waals surface area contributed by atoms with Crippen LogP contribution in [-0.2, 0) is 5.41 Å². The van der Waals surface area contributed by atoms with Crippen molar-refractivity contribution in [2.24, 2.45) is 0 Å². The lowest BCUT2D eigenvalue weighted by Crippen LogP contribution is -2.14. The van der Waals surface area contributed by atoms with Crippen molar-refractivity contribution in [1.82, 2.24) is 15.0 Å². The van der Waals surface area contributed by atoms with Crippen molar-refractivity contribution in [1.29, 1.82) is 0 Å². The van der Waals surface area contributed by atoms with Gasteiger partial charge in [-0.05, 0) is 75.8 Å². The van der Waals surface area contributed by atoms with E-state index in [0.717, 1.165) is 66.1 Å². The first kappa shape index (κ1) is 29.8. The fourth-order valence-electron chi connectivity index (χ4n) is 8.19. The molecule has 5 heteroatoms. The standard InChI is InChI=1S/C48H31N3O2/c1-48(2)39-12-6-3-9-33(39)34-22-19-30(25-40(34)48)28-15-17-29(18-16-28)45-49-46(31-20-23-37-35-10-4-7-13-41(35)52-43(37)26-31)51-47(50-45)32-21-24-38-36-11-5-8-14-42(36)53-44(38)27-32/h3-27H,1-2H3. The molecule has 250 valence electrons. The summed E-state index contributed by atoms with van der Waals surface area (Å²) < 4.78 is 12.5. The minimum Gasteiger partial charge on any atom is -0.456 e. The molecule has 0 amide bonds. The van der Waals surface area contributed by atoms with Crippen LogP contribution in [-0.4, -0.2) is 15.0 Å². The molecule has 0 radical (unpaired) electrons. The third kappa shape index (κ3) is 4.60. The average Bonchev–Trinajstić information content (AvgIpc) is 3.84. The quantitative estimate of drug-likeness (QED) is 0.185. The zero-order valence-corrected chi connectivity index (χ0v) is 29.1. The van der Waals surface area contributed by atoms with Gasteiger partial charge in [0.1, 0.15) is 22.3 Å². The SMILES string of the molecule is CC1(C)c2ccccc2-c2ccc(-c3ccc(-c4nc(-c5ccc6c(c5)oc5ccccc56)nc(-c5ccc6c(c5)oc5ccccc56)n4)cc3)cc21. The van der Waals surface area contributed by atoms with Crippen LogP contribution < -0.4 is 0 Å². The largest absolute Gasteiger partial charge is 0.456 e. The molecule has 1 aliphatic rings. The van der Waals surface area contributed by atoms with Crippen LogP contribution in [0.15, 0.2) is 160 Å². The summed E-state index contributed by atoms with van der Waals surface area (Å²) >= 11 is 0. The van der Waals surface area contributed by atoms with E-state index in [1.54, 1.807) is 0 Å². The first-order chi connectivity index (χ1) is 26.0. The molecule has 0 saturated carbocycles. The van der Waals surface area contributed by atoms with Crippen molar-refractivity contribution in [2.45, 2.75) is 19.3 Å². The van der Waals surface area contributed by atoms with E-state index in [1.165, 1.54) is 27.8 Å². The molecule has 3 aromatic heterocycles. The number of furan rings is 2. The highest BCUT2D eigenvalue weighted by molar-refractivity contribution is 6.06. The minimum absolute atomic E-state index is 0.0592. The molecular formula is C48H31N3O2. The van der Waals surface area contributed by atoms with Crippen molar-refractivity contribution >= 4 is 43.9 Å². The smallest absolute Gasteiger partial charge is 0.164 e. The summed E-state index contributed by atoms with van der Waals surface area (Å²) in [4.78, 5) is 15.2. The molecule has 1 aliphatic carbocycles. The second kappa shape index (κ2) is 11.1. The van der Waals surface area contributed by atoms with Gasteiger partial charge in [-0.15, -0.1) is 0 Å². The summed E-state index contributed by atoms with van der Waals surface area (Å²) in [5.74, 6) is 1.74. The van der Waals surface area contributed by atoms with Gasteiger partial charge in [0.15, 0.2) is 17.5 Å². The van der Waals surface area contributed by atoms with Gasteiger partial charge in [-0.1, -0.05) is 123 Å². The molecule has 0 aliphatic heterocycles. The number of rotatable bonds is 4. The maximum Gasteiger partial charge on any atom is 0.164 e. The first-order valence-electron chi connectivity index (χ1n) is 17.9. The molecule has 11 rings (SSSR count). The van der Waals surface area contributed by atoms with Crippen LogP contribution in [0, 0.1) is 0 Å². The number of benzene rings is 7. The second-order valence-electron chi connectivity index (χ2n) is 14.4. The van der Waals surface area contributed by atoms with E-state index in [4.69, 9.17) is 23.8 Å². The topological polar surface area (TPSA) is 65.0 Å². The predicted molar refractivity (Wildman–Crippen MR) is 214 cm³/mol. The van der Waals surface area contributed by atoms with Gasteiger partial charge >= 0.3 is 0 Å². The third-order valence-corrected chi connectivity index (χ3v) is 11.0. The molecule has 3 heterocycles. The fourth-order valence-corrected chi connectivity index (χ4v) is 8.19. The summed E-state index contributed by atoms with van der Waals surface area (Å²) in [6.45, 7) is 4.64. The number of aromatic nitrogens is 3. The second-order valence-corrected chi connectivity index (χ2v) is 14.4. The Bertz CT molecular complexity index is 2960. The van der Waals surface area contributed by atoms with E-state index >= 15 is 0 Å². The summed E-state index contributed by atoms with van der Waals surface area (Å²) in [6.07, 6.45) is 0. The van der Waals surface area contributed by atoms with Crippen LogP contribution in [0.4, 0.5) is 0 Å². The highest BCUT2D eigenvalue weighted by atomic mass is 16.3. The average molecular weight is 682 g/mol. The van der Waals surface area contributed by atoms with Gasteiger partial charge in [0, 0.05) is 43.7 Å². The molecule has 5 nitrogen and oxygen atoms in total. The molecule has 0 spiro atoms. The Kier molecular flexibility index (Phi) is 6.23. The molecule has 0 atom stereocenters. The van der Waals surface area contributed by atoms with E-state index in [-0.39, 0.29) is 5.41 Å². The van der Waals surface area contributed by atoms with Gasteiger partial charge in [0.2, 0.25) is 0 Å².